The Kier molecular flexibility index (Phi) is 8.22. The highest BCUT2D eigenvalue weighted by atomic mass is 32.1. The Balaban J connectivity index is 2.13. The monoisotopic (exact) mass is 481 g/mol. The summed E-state index contributed by atoms with van der Waals surface area (Å²) < 4.78 is 10.7. The number of esters is 1. The molecule has 0 aliphatic heterocycles. The van der Waals surface area contributed by atoms with Crippen LogP contribution in [-0.2, 0) is 9.47 Å². The molecule has 1 aromatic carbocycles. The summed E-state index contributed by atoms with van der Waals surface area (Å²) in [5, 5.41) is 0. The molecule has 2 aromatic rings. The van der Waals surface area contributed by atoms with Gasteiger partial charge in [-0.1, -0.05) is 29.5 Å². The molecule has 1 amide bonds. The molecule has 1 saturated carbocycles. The van der Waals surface area contributed by atoms with Crippen LogP contribution in [0.1, 0.15) is 82.5 Å². The smallest absolute Gasteiger partial charge is 0.350 e. The first-order valence-corrected chi connectivity index (χ1v) is 12.5. The van der Waals surface area contributed by atoms with E-state index in [1.807, 2.05) is 63.8 Å². The van der Waals surface area contributed by atoms with E-state index in [9.17, 15) is 9.59 Å². The van der Waals surface area contributed by atoms with Crippen molar-refractivity contribution in [3.63, 3.8) is 0 Å². The van der Waals surface area contributed by atoms with Crippen LogP contribution in [0.2, 0.25) is 0 Å². The summed E-state index contributed by atoms with van der Waals surface area (Å²) in [5.74, 6) is 5.88. The predicted molar refractivity (Wildman–Crippen MR) is 138 cm³/mol. The molecule has 5 nitrogen and oxygen atoms in total. The Morgan fingerprint density at radius 3 is 2.29 bits per heavy atom. The zero-order chi connectivity index (χ0) is 25.0. The van der Waals surface area contributed by atoms with Crippen LogP contribution in [0.15, 0.2) is 24.3 Å². The fourth-order valence-corrected chi connectivity index (χ4v) is 5.23. The van der Waals surface area contributed by atoms with Crippen LogP contribution in [0.5, 0.6) is 0 Å². The molecule has 1 aromatic heterocycles. The molecule has 0 spiro atoms. The molecule has 1 fully saturated rings. The van der Waals surface area contributed by atoms with Crippen LogP contribution in [0.25, 0.3) is 0 Å². The number of thiophene rings is 1. The molecular formula is C28H35NO4S. The van der Waals surface area contributed by atoms with Gasteiger partial charge in [-0.3, -0.25) is 4.79 Å². The standard InChI is InChI=1S/C28H35NO4S/c1-18-8-13-23(19(2)16-18)26(30)29(20-9-11-21(32-6)12-10-20)24-17-22(14-15-28(3,4)5)34-25(24)27(31)33-7/h8,13,16-17,20-21H,9-12H2,1-7H3/t20-,21-. The van der Waals surface area contributed by atoms with Crippen LogP contribution >= 0.6 is 11.3 Å². The Hall–Kier alpha value is -2.62. The lowest BCUT2D eigenvalue weighted by molar-refractivity contribution is 0.0602. The van der Waals surface area contributed by atoms with Gasteiger partial charge in [0.2, 0.25) is 0 Å². The third-order valence-corrected chi connectivity index (χ3v) is 7.10. The van der Waals surface area contributed by atoms with Gasteiger partial charge in [0.25, 0.3) is 5.91 Å². The minimum atomic E-state index is -0.451. The third kappa shape index (κ3) is 6.08. The minimum Gasteiger partial charge on any atom is -0.465 e. The van der Waals surface area contributed by atoms with Crippen LogP contribution in [0.3, 0.4) is 0 Å². The number of anilines is 1. The molecule has 3 rings (SSSR count). The Labute approximate surface area is 207 Å². The number of nitrogens with zero attached hydrogens (tertiary/aromatic N) is 1. The lowest BCUT2D eigenvalue weighted by Gasteiger charge is -2.36. The van der Waals surface area contributed by atoms with Crippen molar-refractivity contribution in [2.24, 2.45) is 5.41 Å². The van der Waals surface area contributed by atoms with Gasteiger partial charge in [0.1, 0.15) is 4.88 Å². The van der Waals surface area contributed by atoms with Gasteiger partial charge in [-0.2, -0.15) is 0 Å². The molecule has 1 aliphatic carbocycles. The summed E-state index contributed by atoms with van der Waals surface area (Å²) in [6, 6.07) is 7.68. The summed E-state index contributed by atoms with van der Waals surface area (Å²) in [7, 11) is 3.10. The second-order valence-electron chi connectivity index (χ2n) is 9.98. The quantitative estimate of drug-likeness (QED) is 0.379. The number of amides is 1. The second kappa shape index (κ2) is 10.8. The molecule has 0 N–H and O–H groups in total. The largest absolute Gasteiger partial charge is 0.465 e. The van der Waals surface area contributed by atoms with Crippen molar-refractivity contribution in [3.05, 3.63) is 50.7 Å². The topological polar surface area (TPSA) is 55.8 Å². The minimum absolute atomic E-state index is 0.0407. The van der Waals surface area contributed by atoms with Crippen LogP contribution in [0, 0.1) is 31.1 Å². The normalized spacial score (nSPS) is 18.1. The van der Waals surface area contributed by atoms with E-state index in [0.29, 0.717) is 16.1 Å². The van der Waals surface area contributed by atoms with Crippen molar-refractivity contribution in [2.45, 2.75) is 72.4 Å². The molecule has 34 heavy (non-hydrogen) atoms. The van der Waals surface area contributed by atoms with E-state index in [0.717, 1.165) is 41.7 Å². The van der Waals surface area contributed by atoms with Gasteiger partial charge in [0.05, 0.1) is 23.8 Å². The molecule has 6 heteroatoms. The fourth-order valence-electron chi connectivity index (χ4n) is 4.30. The second-order valence-corrected chi connectivity index (χ2v) is 11.0. The number of carbonyl (C=O) groups is 2. The lowest BCUT2D eigenvalue weighted by atomic mass is 9.90. The van der Waals surface area contributed by atoms with E-state index in [-0.39, 0.29) is 23.5 Å². The molecular weight excluding hydrogens is 446 g/mol. The van der Waals surface area contributed by atoms with Crippen molar-refractivity contribution in [3.8, 4) is 11.8 Å². The molecule has 1 aliphatic rings. The third-order valence-electron chi connectivity index (χ3n) is 6.08. The zero-order valence-corrected chi connectivity index (χ0v) is 22.1. The van der Waals surface area contributed by atoms with E-state index >= 15 is 0 Å². The number of hydrogen-bond acceptors (Lipinski definition) is 5. The Bertz CT molecular complexity index is 1110. The highest BCUT2D eigenvalue weighted by Gasteiger charge is 2.34. The molecule has 1 heterocycles. The van der Waals surface area contributed by atoms with E-state index in [2.05, 4.69) is 11.8 Å². The number of carbonyl (C=O) groups excluding carboxylic acids is 2. The number of aryl methyl sites for hydroxylation is 2. The van der Waals surface area contributed by atoms with Gasteiger partial charge in [-0.15, -0.1) is 11.3 Å². The summed E-state index contributed by atoms with van der Waals surface area (Å²) in [6.45, 7) is 10.1. The van der Waals surface area contributed by atoms with Gasteiger partial charge >= 0.3 is 5.97 Å². The highest BCUT2D eigenvalue weighted by Crippen LogP contribution is 2.37. The maximum atomic E-state index is 14.0. The Morgan fingerprint density at radius 1 is 1.06 bits per heavy atom. The summed E-state index contributed by atoms with van der Waals surface area (Å²) in [4.78, 5) is 29.8. The number of ether oxygens (including phenoxy) is 2. The van der Waals surface area contributed by atoms with Crippen molar-refractivity contribution in [2.75, 3.05) is 19.1 Å². The van der Waals surface area contributed by atoms with E-state index in [1.165, 1.54) is 18.4 Å². The molecule has 182 valence electrons. The van der Waals surface area contributed by atoms with Crippen LogP contribution < -0.4 is 4.90 Å². The molecule has 0 bridgehead atoms. The SMILES string of the molecule is COC(=O)c1sc(C#CC(C)(C)C)cc1N(C(=O)c1ccc(C)cc1C)[C@H]1CC[C@H](OC)CC1. The average molecular weight is 482 g/mol. The first-order chi connectivity index (χ1) is 16.0. The summed E-state index contributed by atoms with van der Waals surface area (Å²) in [6.07, 6.45) is 3.53. The molecule has 0 radical (unpaired) electrons. The van der Waals surface area contributed by atoms with Gasteiger partial charge < -0.3 is 14.4 Å². The predicted octanol–water partition coefficient (Wildman–Crippen LogP) is 6.15. The molecule has 0 atom stereocenters. The average Bonchev–Trinajstić information content (AvgIpc) is 3.21. The number of methoxy groups -OCH3 is 2. The zero-order valence-electron chi connectivity index (χ0n) is 21.3. The number of rotatable bonds is 5. The first-order valence-electron chi connectivity index (χ1n) is 11.7. The molecule has 0 saturated heterocycles. The lowest BCUT2D eigenvalue weighted by Crippen LogP contribution is -2.44. The van der Waals surface area contributed by atoms with Gasteiger partial charge in [-0.05, 0) is 78.0 Å². The van der Waals surface area contributed by atoms with E-state index < -0.39 is 5.97 Å². The Morgan fingerprint density at radius 2 is 1.74 bits per heavy atom. The fraction of sp³-hybridized carbons (Fsp3) is 0.500. The number of hydrogen-bond donors (Lipinski definition) is 0. The number of benzene rings is 1. The molecule has 0 unspecified atom stereocenters. The van der Waals surface area contributed by atoms with Crippen LogP contribution in [0.4, 0.5) is 5.69 Å². The van der Waals surface area contributed by atoms with Crippen molar-refractivity contribution in [1.29, 1.82) is 0 Å². The van der Waals surface area contributed by atoms with E-state index in [1.54, 1.807) is 7.11 Å². The van der Waals surface area contributed by atoms with E-state index in [4.69, 9.17) is 9.47 Å². The van der Waals surface area contributed by atoms with Crippen molar-refractivity contribution >= 4 is 28.9 Å². The van der Waals surface area contributed by atoms with Gasteiger partial charge in [0, 0.05) is 24.1 Å². The summed E-state index contributed by atoms with van der Waals surface area (Å²) in [5.41, 5.74) is 3.07. The van der Waals surface area contributed by atoms with Gasteiger partial charge in [0.15, 0.2) is 0 Å². The summed E-state index contributed by atoms with van der Waals surface area (Å²) >= 11 is 1.28. The van der Waals surface area contributed by atoms with Crippen molar-refractivity contribution < 1.29 is 19.1 Å². The maximum Gasteiger partial charge on any atom is 0.350 e. The first kappa shape index (κ1) is 26.0. The maximum absolute atomic E-state index is 14.0. The van der Waals surface area contributed by atoms with Crippen LogP contribution in [-0.4, -0.2) is 38.2 Å². The van der Waals surface area contributed by atoms with Gasteiger partial charge in [-0.25, -0.2) is 4.79 Å². The highest BCUT2D eigenvalue weighted by molar-refractivity contribution is 7.15. The van der Waals surface area contributed by atoms with Crippen molar-refractivity contribution in [1.82, 2.24) is 0 Å².